The van der Waals surface area contributed by atoms with Crippen LogP contribution in [0, 0.1) is 11.3 Å². The minimum Gasteiger partial charge on any atom is -0.475 e. The fourth-order valence-electron chi connectivity index (χ4n) is 5.83. The van der Waals surface area contributed by atoms with Crippen LogP contribution < -0.4 is 5.32 Å². The number of hydrogen-bond acceptors (Lipinski definition) is 6. The summed E-state index contributed by atoms with van der Waals surface area (Å²) in [5.74, 6) is -4.40. The van der Waals surface area contributed by atoms with Crippen molar-refractivity contribution in [2.45, 2.75) is 81.6 Å². The number of carboxylic acid groups (broad SMARTS) is 2. The summed E-state index contributed by atoms with van der Waals surface area (Å²) in [4.78, 5) is 20.3. The highest BCUT2D eigenvalue weighted by molar-refractivity contribution is 7.92. The molecule has 0 unspecified atom stereocenters. The van der Waals surface area contributed by atoms with Gasteiger partial charge in [0.15, 0.2) is 9.84 Å². The Bertz CT molecular complexity index is 1240. The molecule has 0 amide bonds. The molecule has 3 aliphatic carbocycles. The molecule has 0 radical (unpaired) electrons. The van der Waals surface area contributed by atoms with Gasteiger partial charge in [-0.05, 0) is 68.4 Å². The molecule has 1 aliphatic heterocycles. The minimum atomic E-state index is -5.08. The summed E-state index contributed by atoms with van der Waals surface area (Å²) >= 11 is 0. The molecule has 3 saturated carbocycles. The van der Waals surface area contributed by atoms with Crippen LogP contribution in [0.2, 0.25) is 0 Å². The number of carboxylic acids is 2. The fourth-order valence-corrected chi connectivity index (χ4v) is 7.55. The lowest BCUT2D eigenvalue weighted by molar-refractivity contribution is -0.193. The van der Waals surface area contributed by atoms with Gasteiger partial charge in [0.2, 0.25) is 0 Å². The maximum Gasteiger partial charge on any atom is 0.490 e. The van der Waals surface area contributed by atoms with Crippen molar-refractivity contribution in [1.82, 2.24) is 10.2 Å². The third-order valence-electron chi connectivity index (χ3n) is 8.17. The molecule has 8 nitrogen and oxygen atoms in total. The van der Waals surface area contributed by atoms with Gasteiger partial charge in [0, 0.05) is 25.2 Å². The van der Waals surface area contributed by atoms with Gasteiger partial charge in [-0.2, -0.15) is 26.3 Å². The minimum absolute atomic E-state index is 0.000657. The van der Waals surface area contributed by atoms with Gasteiger partial charge in [-0.1, -0.05) is 48.9 Å². The molecule has 44 heavy (non-hydrogen) atoms. The third kappa shape index (κ3) is 10.8. The van der Waals surface area contributed by atoms with Crippen molar-refractivity contribution in [3.8, 4) is 0 Å². The van der Waals surface area contributed by atoms with Crippen molar-refractivity contribution in [2.75, 3.05) is 25.4 Å². The van der Waals surface area contributed by atoms with Crippen molar-refractivity contribution < 1.29 is 54.6 Å². The number of halogens is 6. The number of aliphatic carboxylic acids is 2. The van der Waals surface area contributed by atoms with Crippen LogP contribution in [0.1, 0.15) is 57.4 Å². The van der Waals surface area contributed by atoms with E-state index in [2.05, 4.69) is 53.5 Å². The van der Waals surface area contributed by atoms with Gasteiger partial charge < -0.3 is 20.4 Å². The first-order valence-corrected chi connectivity index (χ1v) is 16.1. The van der Waals surface area contributed by atoms with Crippen molar-refractivity contribution in [3.05, 3.63) is 41.5 Å². The molecule has 4 aliphatic rings. The van der Waals surface area contributed by atoms with Crippen molar-refractivity contribution in [3.63, 3.8) is 0 Å². The summed E-state index contributed by atoms with van der Waals surface area (Å²) in [6.45, 7) is 5.59. The van der Waals surface area contributed by atoms with Gasteiger partial charge in [-0.15, -0.1) is 0 Å². The summed E-state index contributed by atoms with van der Waals surface area (Å²) in [5.41, 5.74) is 3.44. The summed E-state index contributed by atoms with van der Waals surface area (Å²) in [5, 5.41) is 18.2. The first-order chi connectivity index (χ1) is 20.3. The van der Waals surface area contributed by atoms with E-state index in [0.29, 0.717) is 23.3 Å². The molecule has 0 bridgehead atoms. The number of sulfone groups is 1. The van der Waals surface area contributed by atoms with Gasteiger partial charge in [0.05, 0.1) is 11.0 Å². The molecule has 1 saturated heterocycles. The predicted molar refractivity (Wildman–Crippen MR) is 150 cm³/mol. The smallest absolute Gasteiger partial charge is 0.475 e. The van der Waals surface area contributed by atoms with Gasteiger partial charge in [-0.25, -0.2) is 18.0 Å². The summed E-state index contributed by atoms with van der Waals surface area (Å²) in [6, 6.07) is 12.1. The Hall–Kier alpha value is -2.65. The quantitative estimate of drug-likeness (QED) is 0.296. The lowest BCUT2D eigenvalue weighted by Crippen LogP contribution is -2.66. The summed E-state index contributed by atoms with van der Waals surface area (Å²) in [7, 11) is -2.78. The van der Waals surface area contributed by atoms with E-state index in [9.17, 15) is 34.8 Å². The largest absolute Gasteiger partial charge is 0.490 e. The van der Waals surface area contributed by atoms with Crippen LogP contribution in [0.25, 0.3) is 6.08 Å². The molecule has 5 rings (SSSR count). The monoisotopic (exact) mass is 656 g/mol. The van der Waals surface area contributed by atoms with E-state index in [1.807, 2.05) is 0 Å². The van der Waals surface area contributed by atoms with Crippen LogP contribution in [-0.2, 0) is 19.4 Å². The predicted octanol–water partition coefficient (Wildman–Crippen LogP) is 5.16. The Labute approximate surface area is 252 Å². The first-order valence-electron chi connectivity index (χ1n) is 14.4. The van der Waals surface area contributed by atoms with Crippen LogP contribution in [0.5, 0.6) is 0 Å². The first kappa shape index (κ1) is 35.8. The molecule has 0 aromatic heterocycles. The van der Waals surface area contributed by atoms with E-state index in [4.69, 9.17) is 19.8 Å². The third-order valence-corrected chi connectivity index (χ3v) is 10.5. The van der Waals surface area contributed by atoms with E-state index in [1.54, 1.807) is 5.57 Å². The van der Waals surface area contributed by atoms with Crippen LogP contribution in [-0.4, -0.2) is 90.5 Å². The Morgan fingerprint density at radius 2 is 1.52 bits per heavy atom. The van der Waals surface area contributed by atoms with E-state index >= 15 is 0 Å². The second-order valence-corrected chi connectivity index (χ2v) is 14.3. The molecule has 1 spiro atoms. The number of likely N-dealkylation sites (tertiary alicyclic amines) is 1. The number of nitrogens with one attached hydrogen (secondary N) is 1. The van der Waals surface area contributed by atoms with E-state index < -0.39 is 34.1 Å². The van der Waals surface area contributed by atoms with E-state index in [0.717, 1.165) is 38.1 Å². The van der Waals surface area contributed by atoms with Crippen molar-refractivity contribution >= 4 is 27.9 Å². The zero-order valence-corrected chi connectivity index (χ0v) is 25.0. The average Bonchev–Trinajstić information content (AvgIpc) is 3.80. The molecule has 1 aromatic carbocycles. The molecule has 15 heteroatoms. The Kier molecular flexibility index (Phi) is 11.6. The van der Waals surface area contributed by atoms with Crippen molar-refractivity contribution in [2.24, 2.45) is 11.3 Å². The van der Waals surface area contributed by atoms with Gasteiger partial charge in [-0.3, -0.25) is 0 Å². The lowest BCUT2D eigenvalue weighted by Gasteiger charge is -2.59. The number of nitrogens with zero attached hydrogens (tertiary/aromatic N) is 1. The second kappa shape index (κ2) is 14.2. The number of hydrogen-bond donors (Lipinski definition) is 3. The number of carbonyl (C=O) groups is 2. The van der Waals surface area contributed by atoms with Crippen LogP contribution in [0.15, 0.2) is 35.9 Å². The Morgan fingerprint density at radius 1 is 1.00 bits per heavy atom. The second-order valence-electron chi connectivity index (χ2n) is 11.9. The zero-order valence-electron chi connectivity index (χ0n) is 24.2. The molecule has 4 fully saturated rings. The molecular formula is C29H38F6N2O6S. The highest BCUT2D eigenvalue weighted by atomic mass is 32.2. The molecule has 3 N–H and O–H groups in total. The highest BCUT2D eigenvalue weighted by Crippen LogP contribution is 2.50. The maximum absolute atomic E-state index is 12.0. The molecule has 1 heterocycles. The van der Waals surface area contributed by atoms with Crippen LogP contribution in [0.4, 0.5) is 26.3 Å². The van der Waals surface area contributed by atoms with Gasteiger partial charge >= 0.3 is 24.3 Å². The average molecular weight is 657 g/mol. The highest BCUT2D eigenvalue weighted by Gasteiger charge is 2.53. The van der Waals surface area contributed by atoms with Crippen molar-refractivity contribution in [1.29, 1.82) is 0 Å². The number of alkyl halides is 6. The molecule has 1 aromatic rings. The number of rotatable bonds is 10. The number of benzene rings is 1. The summed E-state index contributed by atoms with van der Waals surface area (Å²) in [6.07, 6.45) is -0.139. The van der Waals surface area contributed by atoms with Crippen LogP contribution in [0.3, 0.4) is 0 Å². The summed E-state index contributed by atoms with van der Waals surface area (Å²) < 4.78 is 87.5. The van der Waals surface area contributed by atoms with E-state index in [1.165, 1.54) is 37.9 Å². The zero-order chi connectivity index (χ0) is 32.9. The molecule has 248 valence electrons. The molecule has 2 atom stereocenters. The van der Waals surface area contributed by atoms with E-state index in [-0.39, 0.29) is 5.25 Å². The van der Waals surface area contributed by atoms with Gasteiger partial charge in [0.1, 0.15) is 0 Å². The Balaban J connectivity index is 0.000000317. The lowest BCUT2D eigenvalue weighted by atomic mass is 9.60. The SMILES string of the molecule is CC/C(=C\c1ccccc1)[C@@H]1C[C@H]1NC1CC2(C1)CN(CCCS(=O)(=O)C1CC1)C2.O=C(O)C(F)(F)F.O=C(O)C(F)(F)F. The van der Waals surface area contributed by atoms with Gasteiger partial charge in [0.25, 0.3) is 0 Å². The molecular weight excluding hydrogens is 618 g/mol. The van der Waals surface area contributed by atoms with Crippen LogP contribution >= 0.6 is 0 Å². The fraction of sp³-hybridized carbons (Fsp3) is 0.655. The maximum atomic E-state index is 12.0. The standard InChI is InChI=1S/C25H36N2O2S.2C2HF3O2/c1-2-20(13-19-7-4-3-5-8-19)23-14-24(23)26-21-15-25(16-21)17-27(18-25)11-6-12-30(28,29)22-9-10-22;2*3-2(4,5)1(6)7/h3-5,7-8,13,21-24,26H,2,6,9-12,14-18H2,1H3;2*(H,6,7)/b20-13+;;/t23-,24+;;/m0../s1. The topological polar surface area (TPSA) is 124 Å². The Morgan fingerprint density at radius 3 is 1.98 bits per heavy atom. The normalized spacial score (nSPS) is 23.3.